The van der Waals surface area contributed by atoms with Gasteiger partial charge in [0.1, 0.15) is 35.7 Å². The second-order valence-electron chi connectivity index (χ2n) is 9.45. The van der Waals surface area contributed by atoms with Gasteiger partial charge in [0.15, 0.2) is 23.8 Å². The summed E-state index contributed by atoms with van der Waals surface area (Å²) in [6, 6.07) is 2.14. The number of hydrogen-bond donors (Lipinski definition) is 3. The lowest BCUT2D eigenvalue weighted by molar-refractivity contribution is -0.150. The number of carboxylic acid groups (broad SMARTS) is 1. The number of nitrogens with one attached hydrogen (secondary N) is 1. The molecule has 2 atom stereocenters. The SMILES string of the molecule is CC(=O)OCC1=C(C(=O)O)N2C(=O)[C@H](NC(=O)C(=NOCC(=O)c3ccc(OC(C)=O)c(OC(C)=O)c3)c3coc(N)n3)[C@H]2SC1. The number of ether oxygens (including phenoxy) is 3. The number of benzene rings is 1. The molecule has 242 valence electrons. The minimum absolute atomic E-state index is 0.0242. The first-order chi connectivity index (χ1) is 21.8. The smallest absolute Gasteiger partial charge is 0.352 e. The lowest BCUT2D eigenvalue weighted by Gasteiger charge is -2.49. The minimum atomic E-state index is -1.41. The molecule has 3 heterocycles. The zero-order valence-corrected chi connectivity index (χ0v) is 25.1. The van der Waals surface area contributed by atoms with Crippen molar-refractivity contribution >= 4 is 65.0 Å². The van der Waals surface area contributed by atoms with Crippen LogP contribution >= 0.6 is 11.8 Å². The number of ketones is 1. The highest BCUT2D eigenvalue weighted by Gasteiger charge is 2.54. The number of amides is 2. The van der Waals surface area contributed by atoms with Gasteiger partial charge in [-0.25, -0.2) is 4.79 Å². The van der Waals surface area contributed by atoms with Gasteiger partial charge in [-0.05, 0) is 18.2 Å². The molecule has 0 spiro atoms. The summed E-state index contributed by atoms with van der Waals surface area (Å²) >= 11 is 1.14. The highest BCUT2D eigenvalue weighted by molar-refractivity contribution is 8.00. The summed E-state index contributed by atoms with van der Waals surface area (Å²) in [5.74, 6) is -6.10. The van der Waals surface area contributed by atoms with Crippen molar-refractivity contribution in [3.63, 3.8) is 0 Å². The van der Waals surface area contributed by atoms with Crippen LogP contribution in [0.4, 0.5) is 6.01 Å². The Kier molecular flexibility index (Phi) is 10.0. The number of nitrogens with two attached hydrogens (primary N) is 1. The van der Waals surface area contributed by atoms with Gasteiger partial charge in [-0.1, -0.05) is 5.16 Å². The van der Waals surface area contributed by atoms with E-state index < -0.39 is 65.2 Å². The van der Waals surface area contributed by atoms with Gasteiger partial charge in [-0.3, -0.25) is 33.7 Å². The lowest BCUT2D eigenvalue weighted by atomic mass is 10.0. The standard InChI is InChI=1S/C27H25N5O13S/c1-11(33)41-7-15-10-46-25-21(24(38)32(25)22(15)26(39)40)30-23(37)20(16-8-42-27(28)29-16)31-43-9-17(36)14-4-5-18(44-12(2)34)19(6-14)45-13(3)35/h4-6,8,21,25H,7,9-10H2,1-3H3,(H2,28,29)(H,30,37)(H,39,40)/t21-,25+/m0/s1. The number of β-lactam (4-membered cyclic amide) rings is 1. The first-order valence-corrected chi connectivity index (χ1v) is 14.1. The molecule has 0 aliphatic carbocycles. The summed E-state index contributed by atoms with van der Waals surface area (Å²) in [5, 5.41) is 15.1. The van der Waals surface area contributed by atoms with Crippen LogP contribution in [0.1, 0.15) is 36.8 Å². The summed E-state index contributed by atoms with van der Waals surface area (Å²) in [6.07, 6.45) is 0.981. The number of carbonyl (C=O) groups excluding carboxylic acids is 6. The second kappa shape index (κ2) is 13.9. The summed E-state index contributed by atoms with van der Waals surface area (Å²) < 4.78 is 19.8. The van der Waals surface area contributed by atoms with Gasteiger partial charge in [0.05, 0.1) is 0 Å². The number of oxazole rings is 1. The summed E-state index contributed by atoms with van der Waals surface area (Å²) in [4.78, 5) is 95.0. The molecule has 19 heteroatoms. The topological polar surface area (TPSA) is 256 Å². The molecule has 4 N–H and O–H groups in total. The Morgan fingerprint density at radius 1 is 1.11 bits per heavy atom. The molecule has 1 aromatic carbocycles. The number of carboxylic acids is 1. The fourth-order valence-electron chi connectivity index (χ4n) is 4.19. The molecular formula is C27H25N5O13S. The van der Waals surface area contributed by atoms with Gasteiger partial charge in [0.25, 0.3) is 17.8 Å². The van der Waals surface area contributed by atoms with Crippen LogP contribution < -0.4 is 20.5 Å². The number of rotatable bonds is 12. The van der Waals surface area contributed by atoms with E-state index in [1.165, 1.54) is 12.1 Å². The first kappa shape index (κ1) is 33.2. The van der Waals surface area contributed by atoms with Crippen LogP contribution in [-0.4, -0.2) is 92.6 Å². The van der Waals surface area contributed by atoms with Crippen LogP contribution in [0.5, 0.6) is 11.5 Å². The van der Waals surface area contributed by atoms with Crippen molar-refractivity contribution in [3.05, 3.63) is 47.0 Å². The Labute approximate surface area is 262 Å². The van der Waals surface area contributed by atoms with E-state index >= 15 is 0 Å². The minimum Gasteiger partial charge on any atom is -0.477 e. The normalized spacial score (nSPS) is 17.3. The fourth-order valence-corrected chi connectivity index (χ4v) is 5.51. The average Bonchev–Trinajstić information content (AvgIpc) is 3.41. The number of anilines is 1. The molecule has 2 aromatic rings. The number of nitrogen functional groups attached to an aromatic ring is 1. The van der Waals surface area contributed by atoms with Crippen LogP contribution in [0.2, 0.25) is 0 Å². The third kappa shape index (κ3) is 7.49. The number of oxime groups is 1. The highest BCUT2D eigenvalue weighted by atomic mass is 32.2. The van der Waals surface area contributed by atoms with Crippen LogP contribution in [0.3, 0.4) is 0 Å². The molecule has 2 amide bonds. The van der Waals surface area contributed by atoms with Crippen molar-refractivity contribution in [2.45, 2.75) is 32.2 Å². The van der Waals surface area contributed by atoms with E-state index in [1.54, 1.807) is 0 Å². The number of hydrogen-bond acceptors (Lipinski definition) is 16. The predicted octanol–water partition coefficient (Wildman–Crippen LogP) is 0.0127. The van der Waals surface area contributed by atoms with E-state index in [2.05, 4.69) is 15.5 Å². The Balaban J connectivity index is 1.49. The van der Waals surface area contributed by atoms with E-state index in [0.29, 0.717) is 0 Å². The maximum Gasteiger partial charge on any atom is 0.352 e. The molecular weight excluding hydrogens is 634 g/mol. The summed E-state index contributed by atoms with van der Waals surface area (Å²) in [5.41, 5.74) is 4.62. The molecule has 0 saturated carbocycles. The maximum atomic E-state index is 13.3. The number of aromatic nitrogens is 1. The molecule has 4 rings (SSSR count). The Morgan fingerprint density at radius 3 is 2.41 bits per heavy atom. The van der Waals surface area contributed by atoms with Gasteiger partial charge >= 0.3 is 23.9 Å². The Bertz CT molecular complexity index is 1700. The molecule has 1 aromatic heterocycles. The van der Waals surface area contributed by atoms with Crippen molar-refractivity contribution in [3.8, 4) is 11.5 Å². The molecule has 0 bridgehead atoms. The van der Waals surface area contributed by atoms with Crippen molar-refractivity contribution in [2.24, 2.45) is 5.16 Å². The van der Waals surface area contributed by atoms with Crippen LogP contribution in [0, 0.1) is 0 Å². The zero-order chi connectivity index (χ0) is 33.7. The fraction of sp³-hybridized carbons (Fsp3) is 0.296. The van der Waals surface area contributed by atoms with Gasteiger partial charge in [0, 0.05) is 37.7 Å². The number of Topliss-reactive ketones (excluding diaryl/α,β-unsaturated/α-hetero) is 1. The van der Waals surface area contributed by atoms with Gasteiger partial charge in [0.2, 0.25) is 5.78 Å². The van der Waals surface area contributed by atoms with Crippen LogP contribution in [0.15, 0.2) is 45.3 Å². The second-order valence-corrected chi connectivity index (χ2v) is 10.6. The van der Waals surface area contributed by atoms with Crippen LogP contribution in [0.25, 0.3) is 0 Å². The van der Waals surface area contributed by atoms with E-state index in [4.69, 9.17) is 29.2 Å². The van der Waals surface area contributed by atoms with Crippen molar-refractivity contribution < 1.29 is 62.1 Å². The number of esters is 3. The van der Waals surface area contributed by atoms with E-state index in [-0.39, 0.29) is 52.4 Å². The molecule has 1 fully saturated rings. The highest BCUT2D eigenvalue weighted by Crippen LogP contribution is 2.40. The quantitative estimate of drug-likeness (QED) is 0.0677. The number of aliphatic carboxylic acids is 1. The molecule has 2 aliphatic rings. The number of carbonyl (C=O) groups is 7. The molecule has 0 unspecified atom stereocenters. The number of nitrogens with zero attached hydrogens (tertiary/aromatic N) is 3. The molecule has 18 nitrogen and oxygen atoms in total. The van der Waals surface area contributed by atoms with Gasteiger partial charge < -0.3 is 39.6 Å². The number of thioether (sulfide) groups is 1. The molecule has 2 aliphatic heterocycles. The maximum absolute atomic E-state index is 13.3. The van der Waals surface area contributed by atoms with E-state index in [1.807, 2.05) is 0 Å². The molecule has 1 saturated heterocycles. The lowest BCUT2D eigenvalue weighted by Crippen LogP contribution is -2.71. The van der Waals surface area contributed by atoms with Crippen molar-refractivity contribution in [1.29, 1.82) is 0 Å². The third-order valence-electron chi connectivity index (χ3n) is 6.09. The monoisotopic (exact) mass is 659 g/mol. The molecule has 0 radical (unpaired) electrons. The summed E-state index contributed by atoms with van der Waals surface area (Å²) in [6.45, 7) is 2.35. The van der Waals surface area contributed by atoms with Gasteiger partial charge in [-0.2, -0.15) is 4.98 Å². The van der Waals surface area contributed by atoms with E-state index in [0.717, 1.165) is 49.8 Å². The van der Waals surface area contributed by atoms with Crippen molar-refractivity contribution in [1.82, 2.24) is 15.2 Å². The third-order valence-corrected chi connectivity index (χ3v) is 7.43. The Morgan fingerprint density at radius 2 is 1.80 bits per heavy atom. The summed E-state index contributed by atoms with van der Waals surface area (Å²) in [7, 11) is 0. The van der Waals surface area contributed by atoms with Crippen molar-refractivity contribution in [2.75, 3.05) is 24.7 Å². The predicted molar refractivity (Wildman–Crippen MR) is 153 cm³/mol. The average molecular weight is 660 g/mol. The van der Waals surface area contributed by atoms with Crippen LogP contribution in [-0.2, 0) is 38.3 Å². The largest absolute Gasteiger partial charge is 0.477 e. The number of fused-ring (bicyclic) bond motifs is 1. The van der Waals surface area contributed by atoms with Gasteiger partial charge in [-0.15, -0.1) is 11.8 Å². The first-order valence-electron chi connectivity index (χ1n) is 13.1. The zero-order valence-electron chi connectivity index (χ0n) is 24.3. The molecule has 46 heavy (non-hydrogen) atoms. The van der Waals surface area contributed by atoms with E-state index in [9.17, 15) is 38.7 Å². The Hall–Kier alpha value is -5.72.